The van der Waals surface area contributed by atoms with Crippen LogP contribution in [0.15, 0.2) is 6.20 Å². The Hall–Kier alpha value is -0.420. The maximum atomic E-state index is 11.2. The normalized spacial score (nSPS) is 15.8. The Kier molecular flexibility index (Phi) is 4.72. The molecule has 17 heavy (non-hydrogen) atoms. The van der Waals surface area contributed by atoms with Crippen molar-refractivity contribution in [1.82, 2.24) is 9.55 Å². The summed E-state index contributed by atoms with van der Waals surface area (Å²) in [4.78, 5) is 3.11. The summed E-state index contributed by atoms with van der Waals surface area (Å²) in [5, 5.41) is 0. The molecule has 0 saturated carbocycles. The second-order valence-corrected chi connectivity index (χ2v) is 7.46. The molecule has 0 aliphatic heterocycles. The van der Waals surface area contributed by atoms with Gasteiger partial charge in [0.25, 0.3) is 0 Å². The number of hydrogen-bond donors (Lipinski definition) is 1. The van der Waals surface area contributed by atoms with Crippen molar-refractivity contribution in [2.75, 3.05) is 12.0 Å². The van der Waals surface area contributed by atoms with Crippen LogP contribution in [0.5, 0.6) is 0 Å². The van der Waals surface area contributed by atoms with Crippen LogP contribution in [0.1, 0.15) is 45.9 Å². The first kappa shape index (κ1) is 14.6. The van der Waals surface area contributed by atoms with E-state index >= 15 is 0 Å². The molecule has 1 heterocycles. The highest BCUT2D eigenvalue weighted by Gasteiger charge is 2.21. The fraction of sp³-hybridized carbons (Fsp3) is 0.750. The quantitative estimate of drug-likeness (QED) is 0.856. The molecule has 0 aliphatic carbocycles. The molecule has 2 unspecified atom stereocenters. The molecule has 0 amide bonds. The van der Waals surface area contributed by atoms with E-state index in [0.717, 1.165) is 16.9 Å². The lowest BCUT2D eigenvalue weighted by atomic mass is 9.92. The van der Waals surface area contributed by atoms with E-state index in [1.54, 1.807) is 6.26 Å². The van der Waals surface area contributed by atoms with Crippen molar-refractivity contribution in [1.29, 1.82) is 0 Å². The van der Waals surface area contributed by atoms with Gasteiger partial charge in [0.1, 0.15) is 0 Å². The molecule has 0 aliphatic rings. The molecule has 5 heteroatoms. The SMILES string of the molecule is CC(CCS(C)=O)n1c(C(C)(C)C)c[nH]c1=S. The number of aromatic nitrogens is 2. The Morgan fingerprint density at radius 3 is 2.59 bits per heavy atom. The van der Waals surface area contributed by atoms with Gasteiger partial charge in [-0.25, -0.2) is 0 Å². The first-order chi connectivity index (χ1) is 7.73. The van der Waals surface area contributed by atoms with Crippen molar-refractivity contribution < 1.29 is 4.21 Å². The zero-order valence-corrected chi connectivity index (χ0v) is 12.9. The summed E-state index contributed by atoms with van der Waals surface area (Å²) in [6.45, 7) is 8.65. The molecule has 0 spiro atoms. The van der Waals surface area contributed by atoms with Gasteiger partial charge in [0.2, 0.25) is 0 Å². The molecule has 0 aromatic carbocycles. The van der Waals surface area contributed by atoms with Gasteiger partial charge in [0.15, 0.2) is 4.77 Å². The summed E-state index contributed by atoms with van der Waals surface area (Å²) in [6, 6.07) is 0.284. The van der Waals surface area contributed by atoms with Crippen LogP contribution < -0.4 is 0 Å². The van der Waals surface area contributed by atoms with Crippen molar-refractivity contribution in [3.05, 3.63) is 16.7 Å². The molecule has 0 bridgehead atoms. The number of nitrogens with one attached hydrogen (secondary N) is 1. The number of H-pyrrole nitrogens is 1. The Balaban J connectivity index is 3.00. The average Bonchev–Trinajstić information content (AvgIpc) is 2.56. The predicted octanol–water partition coefficient (Wildman–Crippen LogP) is 3.17. The molecule has 2 atom stereocenters. The average molecular weight is 274 g/mol. The third-order valence-corrected chi connectivity index (χ3v) is 3.97. The number of nitrogens with zero attached hydrogens (tertiary/aromatic N) is 1. The molecule has 98 valence electrons. The smallest absolute Gasteiger partial charge is 0.177 e. The Morgan fingerprint density at radius 1 is 1.53 bits per heavy atom. The fourth-order valence-corrected chi connectivity index (χ4v) is 2.87. The van der Waals surface area contributed by atoms with Gasteiger partial charge in [-0.05, 0) is 25.6 Å². The molecular weight excluding hydrogens is 252 g/mol. The van der Waals surface area contributed by atoms with Gasteiger partial charge in [0.05, 0.1) is 0 Å². The van der Waals surface area contributed by atoms with Crippen molar-refractivity contribution in [2.45, 2.75) is 45.6 Å². The molecular formula is C12H22N2OS2. The van der Waals surface area contributed by atoms with Gasteiger partial charge < -0.3 is 9.55 Å². The second kappa shape index (κ2) is 5.48. The number of rotatable bonds is 4. The van der Waals surface area contributed by atoms with Gasteiger partial charge in [-0.2, -0.15) is 0 Å². The topological polar surface area (TPSA) is 37.8 Å². The first-order valence-electron chi connectivity index (χ1n) is 5.84. The van der Waals surface area contributed by atoms with Crippen LogP contribution in [0.2, 0.25) is 0 Å². The fourth-order valence-electron chi connectivity index (χ4n) is 1.86. The van der Waals surface area contributed by atoms with Crippen LogP contribution in [0.3, 0.4) is 0 Å². The summed E-state index contributed by atoms with van der Waals surface area (Å²) in [6.07, 6.45) is 4.62. The van der Waals surface area contributed by atoms with Gasteiger partial charge in [0, 0.05) is 46.2 Å². The van der Waals surface area contributed by atoms with Crippen LogP contribution >= 0.6 is 12.2 Å². The Morgan fingerprint density at radius 2 is 2.12 bits per heavy atom. The summed E-state index contributed by atoms with van der Waals surface area (Å²) in [7, 11) is -0.740. The van der Waals surface area contributed by atoms with Crippen LogP contribution in [0.4, 0.5) is 0 Å². The predicted molar refractivity (Wildman–Crippen MR) is 76.6 cm³/mol. The number of imidazole rings is 1. The zero-order chi connectivity index (χ0) is 13.2. The van der Waals surface area contributed by atoms with Gasteiger partial charge in [-0.15, -0.1) is 0 Å². The summed E-state index contributed by atoms with van der Waals surface area (Å²) >= 11 is 5.33. The van der Waals surface area contributed by atoms with E-state index in [4.69, 9.17) is 12.2 Å². The van der Waals surface area contributed by atoms with E-state index in [2.05, 4.69) is 37.2 Å². The molecule has 0 fully saturated rings. The maximum Gasteiger partial charge on any atom is 0.177 e. The molecule has 1 rings (SSSR count). The lowest BCUT2D eigenvalue weighted by Gasteiger charge is -2.24. The Labute approximate surface area is 111 Å². The van der Waals surface area contributed by atoms with E-state index in [0.29, 0.717) is 0 Å². The lowest BCUT2D eigenvalue weighted by Crippen LogP contribution is -2.20. The number of hydrogen-bond acceptors (Lipinski definition) is 2. The summed E-state index contributed by atoms with van der Waals surface area (Å²) < 4.78 is 14.1. The highest BCUT2D eigenvalue weighted by Crippen LogP contribution is 2.26. The lowest BCUT2D eigenvalue weighted by molar-refractivity contribution is 0.453. The van der Waals surface area contributed by atoms with Crippen LogP contribution in [0, 0.1) is 4.77 Å². The van der Waals surface area contributed by atoms with E-state index in [1.807, 2.05) is 6.20 Å². The number of aromatic amines is 1. The molecule has 0 radical (unpaired) electrons. The third kappa shape index (κ3) is 3.78. The highest BCUT2D eigenvalue weighted by molar-refractivity contribution is 7.84. The first-order valence-corrected chi connectivity index (χ1v) is 7.97. The molecule has 3 nitrogen and oxygen atoms in total. The molecule has 1 aromatic heterocycles. The van der Waals surface area contributed by atoms with Crippen LogP contribution in [-0.4, -0.2) is 25.8 Å². The zero-order valence-electron chi connectivity index (χ0n) is 11.2. The largest absolute Gasteiger partial charge is 0.337 e. The molecule has 1 N–H and O–H groups in total. The van der Waals surface area contributed by atoms with Crippen molar-refractivity contribution in [3.63, 3.8) is 0 Å². The van der Waals surface area contributed by atoms with Crippen molar-refractivity contribution in [3.8, 4) is 0 Å². The van der Waals surface area contributed by atoms with Crippen molar-refractivity contribution in [2.24, 2.45) is 0 Å². The minimum Gasteiger partial charge on any atom is -0.337 e. The molecule has 1 aromatic rings. The van der Waals surface area contributed by atoms with Gasteiger partial charge in [-0.3, -0.25) is 4.21 Å². The van der Waals surface area contributed by atoms with E-state index < -0.39 is 10.8 Å². The van der Waals surface area contributed by atoms with Gasteiger partial charge in [-0.1, -0.05) is 20.8 Å². The van der Waals surface area contributed by atoms with Gasteiger partial charge >= 0.3 is 0 Å². The third-order valence-electron chi connectivity index (χ3n) is 2.84. The second-order valence-electron chi connectivity index (χ2n) is 5.51. The van der Waals surface area contributed by atoms with E-state index in [9.17, 15) is 4.21 Å². The monoisotopic (exact) mass is 274 g/mol. The van der Waals surface area contributed by atoms with Crippen LogP contribution in [-0.2, 0) is 16.2 Å². The van der Waals surface area contributed by atoms with E-state index in [1.165, 1.54) is 5.69 Å². The van der Waals surface area contributed by atoms with Crippen LogP contribution in [0.25, 0.3) is 0 Å². The minimum atomic E-state index is -0.740. The Bertz CT molecular complexity index is 454. The summed E-state index contributed by atoms with van der Waals surface area (Å²) in [5.74, 6) is 0.720. The summed E-state index contributed by atoms with van der Waals surface area (Å²) in [5.41, 5.74) is 1.27. The van der Waals surface area contributed by atoms with Crippen molar-refractivity contribution >= 4 is 23.0 Å². The van der Waals surface area contributed by atoms with E-state index in [-0.39, 0.29) is 11.5 Å². The molecule has 0 saturated heterocycles. The standard InChI is InChI=1S/C12H22N2OS2/c1-9(6-7-17(5)15)14-10(12(2,3)4)8-13-11(14)16/h8-9H,6-7H2,1-5H3,(H,13,16). The highest BCUT2D eigenvalue weighted by atomic mass is 32.2. The maximum absolute atomic E-state index is 11.2. The minimum absolute atomic E-state index is 0.0627.